The Morgan fingerprint density at radius 2 is 2.12 bits per heavy atom. The van der Waals surface area contributed by atoms with Gasteiger partial charge in [0.1, 0.15) is 9.84 Å². The standard InChI is InChI=1S/C11H16ClNO2S2/c1-17(14,15)7-6-16-10-3-2-9(4-5-13)11(12)8-10/h2-3,8H,4-7,13H2,1H3. The molecule has 0 aliphatic rings. The normalized spacial score (nSPS) is 11.7. The van der Waals surface area contributed by atoms with Gasteiger partial charge in [-0.15, -0.1) is 11.8 Å². The van der Waals surface area contributed by atoms with Crippen molar-refractivity contribution < 1.29 is 8.42 Å². The Morgan fingerprint density at radius 1 is 1.41 bits per heavy atom. The van der Waals surface area contributed by atoms with Gasteiger partial charge in [0.25, 0.3) is 0 Å². The first-order valence-corrected chi connectivity index (χ1v) is 8.64. The van der Waals surface area contributed by atoms with E-state index in [4.69, 9.17) is 17.3 Å². The van der Waals surface area contributed by atoms with Crippen LogP contribution in [0.4, 0.5) is 0 Å². The summed E-state index contributed by atoms with van der Waals surface area (Å²) in [4.78, 5) is 0.986. The van der Waals surface area contributed by atoms with Gasteiger partial charge in [-0.1, -0.05) is 17.7 Å². The van der Waals surface area contributed by atoms with Crippen LogP contribution >= 0.6 is 23.4 Å². The van der Waals surface area contributed by atoms with E-state index >= 15 is 0 Å². The molecule has 0 aromatic heterocycles. The van der Waals surface area contributed by atoms with E-state index in [0.29, 0.717) is 17.3 Å². The van der Waals surface area contributed by atoms with Gasteiger partial charge in [0.05, 0.1) is 5.75 Å². The van der Waals surface area contributed by atoms with Gasteiger partial charge in [-0.2, -0.15) is 0 Å². The van der Waals surface area contributed by atoms with Crippen LogP contribution in [0.2, 0.25) is 5.02 Å². The number of benzene rings is 1. The molecule has 3 nitrogen and oxygen atoms in total. The van der Waals surface area contributed by atoms with Crippen molar-refractivity contribution in [3.05, 3.63) is 28.8 Å². The number of hydrogen-bond donors (Lipinski definition) is 1. The number of rotatable bonds is 6. The molecule has 0 bridgehead atoms. The Hall–Kier alpha value is -0.230. The van der Waals surface area contributed by atoms with Crippen LogP contribution in [0.25, 0.3) is 0 Å². The Balaban J connectivity index is 2.58. The van der Waals surface area contributed by atoms with Crippen LogP contribution in [0, 0.1) is 0 Å². The minimum absolute atomic E-state index is 0.180. The maximum Gasteiger partial charge on any atom is 0.148 e. The average molecular weight is 294 g/mol. The molecule has 2 N–H and O–H groups in total. The summed E-state index contributed by atoms with van der Waals surface area (Å²) < 4.78 is 21.9. The smallest absolute Gasteiger partial charge is 0.148 e. The van der Waals surface area contributed by atoms with Crippen LogP contribution in [0.1, 0.15) is 5.56 Å². The van der Waals surface area contributed by atoms with Crippen molar-refractivity contribution in [1.82, 2.24) is 0 Å². The molecule has 1 rings (SSSR count). The molecule has 1 aromatic carbocycles. The predicted octanol–water partition coefficient (Wildman–Crippen LogP) is 1.98. The van der Waals surface area contributed by atoms with E-state index in [-0.39, 0.29) is 5.75 Å². The Labute approximate surface area is 112 Å². The van der Waals surface area contributed by atoms with E-state index in [0.717, 1.165) is 16.9 Å². The van der Waals surface area contributed by atoms with E-state index in [1.165, 1.54) is 18.0 Å². The lowest BCUT2D eigenvalue weighted by Crippen LogP contribution is -2.05. The zero-order chi connectivity index (χ0) is 12.9. The molecule has 0 radical (unpaired) electrons. The second-order valence-corrected chi connectivity index (χ2v) is 7.61. The van der Waals surface area contributed by atoms with E-state index < -0.39 is 9.84 Å². The highest BCUT2D eigenvalue weighted by molar-refractivity contribution is 8.00. The molecule has 0 saturated carbocycles. The van der Waals surface area contributed by atoms with Crippen LogP contribution in [0.15, 0.2) is 23.1 Å². The Kier molecular flexibility index (Phi) is 5.79. The number of hydrogen-bond acceptors (Lipinski definition) is 4. The third kappa shape index (κ3) is 5.77. The highest BCUT2D eigenvalue weighted by Gasteiger charge is 2.05. The third-order valence-electron chi connectivity index (χ3n) is 2.16. The highest BCUT2D eigenvalue weighted by atomic mass is 35.5. The van der Waals surface area contributed by atoms with E-state index in [1.807, 2.05) is 18.2 Å². The van der Waals surface area contributed by atoms with Gasteiger partial charge in [0.2, 0.25) is 0 Å². The molecule has 1 aromatic rings. The van der Waals surface area contributed by atoms with Crippen LogP contribution in [-0.4, -0.2) is 32.7 Å². The fraction of sp³-hybridized carbons (Fsp3) is 0.455. The van der Waals surface area contributed by atoms with Gasteiger partial charge in [-0.3, -0.25) is 0 Å². The fourth-order valence-corrected chi connectivity index (χ4v) is 3.77. The second-order valence-electron chi connectivity index (χ2n) is 3.77. The summed E-state index contributed by atoms with van der Waals surface area (Å²) >= 11 is 7.58. The third-order valence-corrected chi connectivity index (χ3v) is 4.71. The largest absolute Gasteiger partial charge is 0.330 e. The molecular weight excluding hydrogens is 278 g/mol. The van der Waals surface area contributed by atoms with Crippen molar-refractivity contribution in [3.8, 4) is 0 Å². The van der Waals surface area contributed by atoms with Gasteiger partial charge in [-0.05, 0) is 30.7 Å². The minimum Gasteiger partial charge on any atom is -0.330 e. The number of sulfone groups is 1. The summed E-state index contributed by atoms with van der Waals surface area (Å²) in [6.45, 7) is 0.570. The number of halogens is 1. The summed E-state index contributed by atoms with van der Waals surface area (Å²) in [5.41, 5.74) is 6.49. The first-order chi connectivity index (χ1) is 7.92. The molecule has 0 amide bonds. The van der Waals surface area contributed by atoms with Crippen molar-refractivity contribution in [2.75, 3.05) is 24.3 Å². The monoisotopic (exact) mass is 293 g/mol. The molecule has 0 fully saturated rings. The van der Waals surface area contributed by atoms with Crippen LogP contribution in [-0.2, 0) is 16.3 Å². The SMILES string of the molecule is CS(=O)(=O)CCSc1ccc(CCN)c(Cl)c1. The van der Waals surface area contributed by atoms with Crippen molar-refractivity contribution in [2.24, 2.45) is 5.73 Å². The molecule has 0 aliphatic heterocycles. The average Bonchev–Trinajstić information content (AvgIpc) is 2.20. The zero-order valence-corrected chi connectivity index (χ0v) is 12.0. The molecule has 17 heavy (non-hydrogen) atoms. The van der Waals surface area contributed by atoms with E-state index in [1.54, 1.807) is 0 Å². The quantitative estimate of drug-likeness (QED) is 0.815. The molecular formula is C11H16ClNO2S2. The maximum atomic E-state index is 11.0. The first-order valence-electron chi connectivity index (χ1n) is 5.21. The predicted molar refractivity (Wildman–Crippen MR) is 74.6 cm³/mol. The van der Waals surface area contributed by atoms with Crippen molar-refractivity contribution in [1.29, 1.82) is 0 Å². The molecule has 96 valence electrons. The van der Waals surface area contributed by atoms with Crippen LogP contribution in [0.3, 0.4) is 0 Å². The van der Waals surface area contributed by atoms with Gasteiger partial charge in [-0.25, -0.2) is 8.42 Å². The topological polar surface area (TPSA) is 60.2 Å². The molecule has 0 atom stereocenters. The van der Waals surface area contributed by atoms with Crippen LogP contribution in [0.5, 0.6) is 0 Å². The Morgan fingerprint density at radius 3 is 2.65 bits per heavy atom. The fourth-order valence-electron chi connectivity index (χ4n) is 1.29. The molecule has 0 aliphatic carbocycles. The number of nitrogens with two attached hydrogens (primary N) is 1. The lowest BCUT2D eigenvalue weighted by molar-refractivity contribution is 0.603. The van der Waals surface area contributed by atoms with Gasteiger partial charge >= 0.3 is 0 Å². The zero-order valence-electron chi connectivity index (χ0n) is 9.65. The molecule has 0 saturated heterocycles. The lowest BCUT2D eigenvalue weighted by atomic mass is 10.1. The number of thioether (sulfide) groups is 1. The summed E-state index contributed by atoms with van der Waals surface area (Å²) in [6, 6.07) is 5.75. The maximum absolute atomic E-state index is 11.0. The summed E-state index contributed by atoms with van der Waals surface area (Å²) in [5, 5.41) is 0.694. The highest BCUT2D eigenvalue weighted by Crippen LogP contribution is 2.25. The summed E-state index contributed by atoms with van der Waals surface area (Å²) in [7, 11) is -2.89. The lowest BCUT2D eigenvalue weighted by Gasteiger charge is -2.05. The minimum atomic E-state index is -2.89. The first kappa shape index (κ1) is 14.8. The van der Waals surface area contributed by atoms with Gasteiger partial charge < -0.3 is 5.73 Å². The van der Waals surface area contributed by atoms with Crippen molar-refractivity contribution in [3.63, 3.8) is 0 Å². The Bertz CT molecular complexity index is 474. The molecule has 0 spiro atoms. The molecule has 0 unspecified atom stereocenters. The van der Waals surface area contributed by atoms with Crippen molar-refractivity contribution in [2.45, 2.75) is 11.3 Å². The second kappa shape index (κ2) is 6.64. The van der Waals surface area contributed by atoms with Gasteiger partial charge in [0, 0.05) is 21.9 Å². The summed E-state index contributed by atoms with van der Waals surface area (Å²) in [6.07, 6.45) is 2.00. The van der Waals surface area contributed by atoms with Crippen molar-refractivity contribution >= 4 is 33.2 Å². The summed E-state index contributed by atoms with van der Waals surface area (Å²) in [5.74, 6) is 0.727. The molecule has 6 heteroatoms. The van der Waals surface area contributed by atoms with E-state index in [9.17, 15) is 8.42 Å². The molecule has 0 heterocycles. The van der Waals surface area contributed by atoms with Crippen LogP contribution < -0.4 is 5.73 Å². The van der Waals surface area contributed by atoms with E-state index in [2.05, 4.69) is 0 Å². The van der Waals surface area contributed by atoms with Gasteiger partial charge in [0.15, 0.2) is 0 Å².